The third kappa shape index (κ3) is 4.76. The zero-order valence-corrected chi connectivity index (χ0v) is 14.0. The number of H-pyrrole nitrogens is 1. The number of thioether (sulfide) groups is 1. The van der Waals surface area contributed by atoms with Gasteiger partial charge in [0, 0.05) is 16.8 Å². The smallest absolute Gasteiger partial charge is 0.251 e. The molecule has 1 amide bonds. The van der Waals surface area contributed by atoms with Gasteiger partial charge in [0.15, 0.2) is 5.16 Å². The van der Waals surface area contributed by atoms with E-state index in [0.717, 1.165) is 11.8 Å². The Morgan fingerprint density at radius 3 is 2.82 bits per heavy atom. The quantitative estimate of drug-likeness (QED) is 0.635. The van der Waals surface area contributed by atoms with E-state index in [0.29, 0.717) is 33.0 Å². The zero-order valence-electron chi connectivity index (χ0n) is 11.7. The number of hydrogen-bond acceptors (Lipinski definition) is 4. The third-order valence-electron chi connectivity index (χ3n) is 2.68. The van der Waals surface area contributed by atoms with Gasteiger partial charge >= 0.3 is 0 Å². The summed E-state index contributed by atoms with van der Waals surface area (Å²) in [5, 5.41) is 3.96. The summed E-state index contributed by atoms with van der Waals surface area (Å²) in [6.07, 6.45) is 0.657. The summed E-state index contributed by atoms with van der Waals surface area (Å²) in [5.41, 5.74) is 0.948. The molecule has 0 saturated heterocycles. The molecule has 2 N–H and O–H groups in total. The van der Waals surface area contributed by atoms with E-state index in [4.69, 9.17) is 23.2 Å². The van der Waals surface area contributed by atoms with Crippen LogP contribution in [-0.4, -0.2) is 21.6 Å². The standard InChI is InChI=1S/C14H13Cl2N3O2S/c1-2-9-6-12(20)19-14(17-9)22-7-13(21)18-11-4-3-8(15)5-10(11)16/h3-6H,2,7H2,1H3,(H,18,21)(H,17,19,20). The molecule has 0 aliphatic carbocycles. The van der Waals surface area contributed by atoms with E-state index in [9.17, 15) is 9.59 Å². The van der Waals surface area contributed by atoms with Crippen molar-refractivity contribution in [1.29, 1.82) is 0 Å². The lowest BCUT2D eigenvalue weighted by atomic mass is 10.3. The van der Waals surface area contributed by atoms with Crippen molar-refractivity contribution in [3.05, 3.63) is 50.4 Å². The Morgan fingerprint density at radius 1 is 1.36 bits per heavy atom. The Hall–Kier alpha value is -1.50. The highest BCUT2D eigenvalue weighted by Gasteiger charge is 2.09. The number of carbonyl (C=O) groups is 1. The van der Waals surface area contributed by atoms with Gasteiger partial charge in [-0.3, -0.25) is 9.59 Å². The molecule has 0 bridgehead atoms. The van der Waals surface area contributed by atoms with Crippen molar-refractivity contribution in [3.8, 4) is 0 Å². The number of anilines is 1. The van der Waals surface area contributed by atoms with Crippen molar-refractivity contribution >= 4 is 46.6 Å². The zero-order chi connectivity index (χ0) is 16.1. The molecule has 22 heavy (non-hydrogen) atoms. The predicted molar refractivity (Wildman–Crippen MR) is 90.1 cm³/mol. The molecule has 8 heteroatoms. The van der Waals surface area contributed by atoms with Gasteiger partial charge in [0.25, 0.3) is 5.56 Å². The van der Waals surface area contributed by atoms with Gasteiger partial charge in [-0.2, -0.15) is 0 Å². The number of aromatic nitrogens is 2. The number of benzene rings is 1. The van der Waals surface area contributed by atoms with Crippen LogP contribution in [0.4, 0.5) is 5.69 Å². The topological polar surface area (TPSA) is 74.8 Å². The molecule has 1 aromatic carbocycles. The van der Waals surface area contributed by atoms with Crippen LogP contribution in [0, 0.1) is 0 Å². The first-order chi connectivity index (χ1) is 10.5. The first-order valence-corrected chi connectivity index (χ1v) is 8.20. The second kappa shape index (κ2) is 7.67. The average Bonchev–Trinajstić information content (AvgIpc) is 2.47. The largest absolute Gasteiger partial charge is 0.324 e. The number of hydrogen-bond donors (Lipinski definition) is 2. The number of carbonyl (C=O) groups excluding carboxylic acids is 1. The summed E-state index contributed by atoms with van der Waals surface area (Å²) < 4.78 is 0. The number of nitrogens with one attached hydrogen (secondary N) is 2. The minimum absolute atomic E-state index is 0.106. The molecule has 0 aliphatic heterocycles. The molecule has 0 aliphatic rings. The lowest BCUT2D eigenvalue weighted by Gasteiger charge is -2.07. The molecule has 2 aromatic rings. The van der Waals surface area contributed by atoms with Gasteiger partial charge in [-0.05, 0) is 24.6 Å². The van der Waals surface area contributed by atoms with Gasteiger partial charge in [0.05, 0.1) is 16.5 Å². The Balaban J connectivity index is 1.98. The average molecular weight is 358 g/mol. The van der Waals surface area contributed by atoms with Crippen LogP contribution in [-0.2, 0) is 11.2 Å². The van der Waals surface area contributed by atoms with E-state index >= 15 is 0 Å². The number of halogens is 2. The maximum absolute atomic E-state index is 11.9. The minimum atomic E-state index is -0.251. The highest BCUT2D eigenvalue weighted by atomic mass is 35.5. The van der Waals surface area contributed by atoms with Crippen molar-refractivity contribution in [2.24, 2.45) is 0 Å². The van der Waals surface area contributed by atoms with Crippen molar-refractivity contribution in [2.75, 3.05) is 11.1 Å². The number of rotatable bonds is 5. The first kappa shape index (κ1) is 16.9. The van der Waals surface area contributed by atoms with Crippen LogP contribution in [0.2, 0.25) is 10.0 Å². The van der Waals surface area contributed by atoms with Crippen molar-refractivity contribution in [1.82, 2.24) is 9.97 Å². The highest BCUT2D eigenvalue weighted by molar-refractivity contribution is 7.99. The van der Waals surface area contributed by atoms with E-state index < -0.39 is 0 Å². The van der Waals surface area contributed by atoms with Gasteiger partial charge in [-0.1, -0.05) is 41.9 Å². The van der Waals surface area contributed by atoms with Crippen LogP contribution in [0.3, 0.4) is 0 Å². The van der Waals surface area contributed by atoms with Crippen LogP contribution in [0.15, 0.2) is 34.2 Å². The van der Waals surface area contributed by atoms with Gasteiger partial charge in [-0.25, -0.2) is 4.98 Å². The summed E-state index contributed by atoms with van der Waals surface area (Å²) in [6, 6.07) is 6.26. The second-order valence-electron chi connectivity index (χ2n) is 4.36. The first-order valence-electron chi connectivity index (χ1n) is 6.46. The molecule has 1 heterocycles. The van der Waals surface area contributed by atoms with Crippen molar-refractivity contribution in [3.63, 3.8) is 0 Å². The fourth-order valence-corrected chi connectivity index (χ4v) is 2.79. The van der Waals surface area contributed by atoms with Crippen LogP contribution in [0.1, 0.15) is 12.6 Å². The van der Waals surface area contributed by atoms with Crippen LogP contribution >= 0.6 is 35.0 Å². The van der Waals surface area contributed by atoms with Crippen LogP contribution < -0.4 is 10.9 Å². The fourth-order valence-electron chi connectivity index (χ4n) is 1.64. The van der Waals surface area contributed by atoms with E-state index in [2.05, 4.69) is 15.3 Å². The monoisotopic (exact) mass is 357 g/mol. The number of aryl methyl sites for hydroxylation is 1. The highest BCUT2D eigenvalue weighted by Crippen LogP contribution is 2.25. The number of amides is 1. The van der Waals surface area contributed by atoms with Gasteiger partial charge in [0.1, 0.15) is 0 Å². The lowest BCUT2D eigenvalue weighted by Crippen LogP contribution is -2.16. The maximum atomic E-state index is 11.9. The molecule has 5 nitrogen and oxygen atoms in total. The molecular formula is C14H13Cl2N3O2S. The van der Waals surface area contributed by atoms with E-state index in [1.165, 1.54) is 6.07 Å². The van der Waals surface area contributed by atoms with Crippen LogP contribution in [0.5, 0.6) is 0 Å². The van der Waals surface area contributed by atoms with E-state index in [-0.39, 0.29) is 17.2 Å². The van der Waals surface area contributed by atoms with E-state index in [1.54, 1.807) is 18.2 Å². The molecule has 1 aromatic heterocycles. The van der Waals surface area contributed by atoms with Gasteiger partial charge in [-0.15, -0.1) is 0 Å². The van der Waals surface area contributed by atoms with Crippen molar-refractivity contribution < 1.29 is 4.79 Å². The number of nitrogens with zero attached hydrogens (tertiary/aromatic N) is 1. The summed E-state index contributed by atoms with van der Waals surface area (Å²) in [6.45, 7) is 1.91. The predicted octanol–water partition coefficient (Wildman–Crippen LogP) is 3.37. The molecule has 116 valence electrons. The number of aromatic amines is 1. The van der Waals surface area contributed by atoms with Gasteiger partial charge in [0.2, 0.25) is 5.91 Å². The molecule has 0 fully saturated rings. The Morgan fingerprint density at radius 2 is 2.14 bits per heavy atom. The summed E-state index contributed by atoms with van der Waals surface area (Å²) in [4.78, 5) is 30.2. The summed E-state index contributed by atoms with van der Waals surface area (Å²) in [7, 11) is 0. The van der Waals surface area contributed by atoms with Crippen molar-refractivity contribution in [2.45, 2.75) is 18.5 Å². The fraction of sp³-hybridized carbons (Fsp3) is 0.214. The third-order valence-corrected chi connectivity index (χ3v) is 4.10. The van der Waals surface area contributed by atoms with E-state index in [1.807, 2.05) is 6.92 Å². The Kier molecular flexibility index (Phi) is 5.88. The Labute approximate surface area is 141 Å². The van der Waals surface area contributed by atoms with Gasteiger partial charge < -0.3 is 10.3 Å². The molecule has 0 radical (unpaired) electrons. The maximum Gasteiger partial charge on any atom is 0.251 e. The lowest BCUT2D eigenvalue weighted by molar-refractivity contribution is -0.113. The van der Waals surface area contributed by atoms with Crippen LogP contribution in [0.25, 0.3) is 0 Å². The SMILES string of the molecule is CCc1cc(=O)[nH]c(SCC(=O)Nc2ccc(Cl)cc2Cl)n1. The molecule has 0 atom stereocenters. The molecule has 0 unspecified atom stereocenters. The molecular weight excluding hydrogens is 345 g/mol. The molecule has 0 spiro atoms. The minimum Gasteiger partial charge on any atom is -0.324 e. The molecule has 0 saturated carbocycles. The summed E-state index contributed by atoms with van der Waals surface area (Å²) in [5.74, 6) is -0.145. The molecule has 2 rings (SSSR count). The normalized spacial score (nSPS) is 10.5. The summed E-state index contributed by atoms with van der Waals surface area (Å²) >= 11 is 12.9. The Bertz CT molecular complexity index is 749. The second-order valence-corrected chi connectivity index (χ2v) is 6.16.